The van der Waals surface area contributed by atoms with Crippen LogP contribution >= 0.6 is 0 Å². The summed E-state index contributed by atoms with van der Waals surface area (Å²) in [5, 5.41) is 5.91. The Morgan fingerprint density at radius 1 is 1.08 bits per heavy atom. The molecule has 0 saturated carbocycles. The number of nitrogens with one attached hydrogen (secondary N) is 3. The van der Waals surface area contributed by atoms with Gasteiger partial charge in [-0.2, -0.15) is 0 Å². The van der Waals surface area contributed by atoms with Gasteiger partial charge < -0.3 is 30.0 Å². The van der Waals surface area contributed by atoms with Crippen LogP contribution in [0.25, 0.3) is 0 Å². The van der Waals surface area contributed by atoms with Gasteiger partial charge in [-0.1, -0.05) is 18.2 Å². The summed E-state index contributed by atoms with van der Waals surface area (Å²) in [4.78, 5) is 43.2. The Morgan fingerprint density at radius 3 is 2.69 bits per heavy atom. The number of likely N-dealkylation sites (tertiary alicyclic amines) is 1. The number of H-pyrrole nitrogens is 1. The fourth-order valence-electron chi connectivity index (χ4n) is 4.43. The molecule has 0 radical (unpaired) electrons. The number of hydrogen-bond donors (Lipinski definition) is 3. The highest BCUT2D eigenvalue weighted by molar-refractivity contribution is 5.95. The number of carbonyl (C=O) groups is 3. The fourth-order valence-corrected chi connectivity index (χ4v) is 4.43. The lowest BCUT2D eigenvalue weighted by molar-refractivity contribution is -0.123. The molecule has 0 spiro atoms. The fraction of sp³-hybridized carbons (Fsp3) is 0.296. The highest BCUT2D eigenvalue weighted by Gasteiger charge is 2.35. The van der Waals surface area contributed by atoms with Crippen LogP contribution in [0.15, 0.2) is 60.8 Å². The zero-order valence-corrected chi connectivity index (χ0v) is 20.0. The number of carbonyl (C=O) groups excluding carboxylic acids is 3. The van der Waals surface area contributed by atoms with E-state index in [0.29, 0.717) is 48.8 Å². The molecule has 3 aliphatic rings. The number of amides is 3. The first-order valence-electron chi connectivity index (χ1n) is 12.0. The minimum atomic E-state index is -0.436. The number of piperidine rings is 1. The minimum absolute atomic E-state index is 0.122. The molecule has 0 aliphatic carbocycles. The molecule has 3 amide bonds. The Kier molecular flexibility index (Phi) is 6.62. The van der Waals surface area contributed by atoms with Gasteiger partial charge in [0, 0.05) is 37.8 Å². The molecule has 9 heteroatoms. The summed E-state index contributed by atoms with van der Waals surface area (Å²) in [6, 6.07) is 15.7. The molecule has 3 aliphatic heterocycles. The predicted octanol–water partition coefficient (Wildman–Crippen LogP) is 2.42. The molecule has 1 saturated heterocycles. The first-order valence-corrected chi connectivity index (χ1v) is 12.0. The summed E-state index contributed by atoms with van der Waals surface area (Å²) in [5.74, 6) is 0.432. The molecule has 4 heterocycles. The summed E-state index contributed by atoms with van der Waals surface area (Å²) < 4.78 is 12.0. The second kappa shape index (κ2) is 10.2. The molecule has 186 valence electrons. The van der Waals surface area contributed by atoms with Gasteiger partial charge in [0.2, 0.25) is 0 Å². The standard InChI is InChI=1S/C27H28N4O5/c1-17-4-7-19-13-24(17)35-16-25(32)29-14-18-5-8-20(9-6-18)36-23-10-12-31(15-22(23)30-26(19)33)27(34)21-3-2-11-28-21/h2-9,11,13,22-23,28H,10,12,14-16H2,1H3,(H,29,32)(H,30,33)/t22-,23-/m0/s1. The van der Waals surface area contributed by atoms with E-state index in [4.69, 9.17) is 9.47 Å². The number of fused-ring (bicyclic) bond motifs is 7. The van der Waals surface area contributed by atoms with Gasteiger partial charge >= 0.3 is 0 Å². The zero-order valence-electron chi connectivity index (χ0n) is 20.0. The van der Waals surface area contributed by atoms with Crippen LogP contribution in [-0.2, 0) is 11.3 Å². The van der Waals surface area contributed by atoms with Crippen molar-refractivity contribution < 1.29 is 23.9 Å². The van der Waals surface area contributed by atoms with Crippen molar-refractivity contribution in [2.24, 2.45) is 0 Å². The lowest BCUT2D eigenvalue weighted by atomic mass is 10.0. The topological polar surface area (TPSA) is 113 Å². The van der Waals surface area contributed by atoms with Crippen LogP contribution in [0.5, 0.6) is 11.5 Å². The Morgan fingerprint density at radius 2 is 1.92 bits per heavy atom. The second-order valence-corrected chi connectivity index (χ2v) is 9.05. The second-order valence-electron chi connectivity index (χ2n) is 9.05. The Balaban J connectivity index is 1.44. The van der Waals surface area contributed by atoms with E-state index in [9.17, 15) is 14.4 Å². The van der Waals surface area contributed by atoms with Crippen LogP contribution in [-0.4, -0.2) is 59.4 Å². The lowest BCUT2D eigenvalue weighted by Crippen LogP contribution is -2.58. The van der Waals surface area contributed by atoms with E-state index in [2.05, 4.69) is 15.6 Å². The van der Waals surface area contributed by atoms with Crippen molar-refractivity contribution in [3.63, 3.8) is 0 Å². The number of aryl methyl sites for hydroxylation is 1. The van der Waals surface area contributed by atoms with Crippen LogP contribution < -0.4 is 20.1 Å². The average Bonchev–Trinajstić information content (AvgIpc) is 3.43. The molecule has 1 fully saturated rings. The van der Waals surface area contributed by atoms with Gasteiger partial charge in [0.15, 0.2) is 6.61 Å². The number of aromatic nitrogens is 1. The molecule has 6 rings (SSSR count). The summed E-state index contributed by atoms with van der Waals surface area (Å²) in [5.41, 5.74) is 2.64. The minimum Gasteiger partial charge on any atom is -0.488 e. The molecule has 3 N–H and O–H groups in total. The summed E-state index contributed by atoms with van der Waals surface area (Å²) in [6.07, 6.45) is 1.93. The van der Waals surface area contributed by atoms with Gasteiger partial charge in [-0.05, 0) is 54.4 Å². The number of hydrogen-bond acceptors (Lipinski definition) is 5. The molecule has 2 aromatic carbocycles. The van der Waals surface area contributed by atoms with E-state index in [-0.39, 0.29) is 30.4 Å². The van der Waals surface area contributed by atoms with Gasteiger partial charge in [0.1, 0.15) is 23.3 Å². The van der Waals surface area contributed by atoms with E-state index >= 15 is 0 Å². The van der Waals surface area contributed by atoms with Crippen LogP contribution in [0, 0.1) is 6.92 Å². The van der Waals surface area contributed by atoms with Gasteiger partial charge in [0.25, 0.3) is 17.7 Å². The number of ether oxygens (including phenoxy) is 2. The van der Waals surface area contributed by atoms with Crippen molar-refractivity contribution in [2.75, 3.05) is 19.7 Å². The van der Waals surface area contributed by atoms with Crippen molar-refractivity contribution in [1.29, 1.82) is 0 Å². The Bertz CT molecular complexity index is 1260. The van der Waals surface area contributed by atoms with Crippen LogP contribution in [0.2, 0.25) is 0 Å². The molecular weight excluding hydrogens is 460 g/mol. The summed E-state index contributed by atoms with van der Waals surface area (Å²) in [6.45, 7) is 2.87. The van der Waals surface area contributed by atoms with Gasteiger partial charge in [-0.15, -0.1) is 0 Å². The average molecular weight is 489 g/mol. The van der Waals surface area contributed by atoms with Crippen molar-refractivity contribution in [2.45, 2.75) is 32.0 Å². The quantitative estimate of drug-likeness (QED) is 0.487. The lowest BCUT2D eigenvalue weighted by Gasteiger charge is -2.38. The molecule has 1 aromatic heterocycles. The third-order valence-corrected chi connectivity index (χ3v) is 6.49. The van der Waals surface area contributed by atoms with Crippen LogP contribution in [0.3, 0.4) is 0 Å². The summed E-state index contributed by atoms with van der Waals surface area (Å²) in [7, 11) is 0. The van der Waals surface area contributed by atoms with E-state index < -0.39 is 6.04 Å². The predicted molar refractivity (Wildman–Crippen MR) is 132 cm³/mol. The van der Waals surface area contributed by atoms with Crippen molar-refractivity contribution in [1.82, 2.24) is 20.5 Å². The number of nitrogens with zero attached hydrogens (tertiary/aromatic N) is 1. The largest absolute Gasteiger partial charge is 0.488 e. The Hall–Kier alpha value is -4.27. The van der Waals surface area contributed by atoms with Gasteiger partial charge in [0.05, 0.1) is 6.04 Å². The number of aromatic amines is 1. The van der Waals surface area contributed by atoms with Crippen molar-refractivity contribution >= 4 is 17.7 Å². The third kappa shape index (κ3) is 5.19. The van der Waals surface area contributed by atoms with E-state index in [1.54, 1.807) is 41.4 Å². The van der Waals surface area contributed by atoms with Gasteiger partial charge in [-0.3, -0.25) is 14.4 Å². The molecule has 0 unspecified atom stereocenters. The van der Waals surface area contributed by atoms with E-state index in [1.165, 1.54) is 0 Å². The maximum atomic E-state index is 13.3. The first kappa shape index (κ1) is 23.5. The maximum absolute atomic E-state index is 13.3. The van der Waals surface area contributed by atoms with E-state index in [1.807, 2.05) is 31.2 Å². The number of benzene rings is 2. The molecule has 9 nitrogen and oxygen atoms in total. The van der Waals surface area contributed by atoms with Gasteiger partial charge in [-0.25, -0.2) is 0 Å². The van der Waals surface area contributed by atoms with Crippen molar-refractivity contribution in [3.05, 3.63) is 83.2 Å². The molecule has 4 bridgehead atoms. The highest BCUT2D eigenvalue weighted by atomic mass is 16.5. The SMILES string of the molecule is Cc1ccc2cc1OCC(=O)NCc1ccc(cc1)O[C@H]1CCN(C(=O)c3ccc[nH]3)C[C@@H]1NC2=O. The maximum Gasteiger partial charge on any atom is 0.270 e. The van der Waals surface area contributed by atoms with E-state index in [0.717, 1.165) is 11.1 Å². The smallest absolute Gasteiger partial charge is 0.270 e. The molecule has 2 atom stereocenters. The monoisotopic (exact) mass is 488 g/mol. The zero-order chi connectivity index (χ0) is 25.1. The Labute approximate surface area is 208 Å². The molecular formula is C27H28N4O5. The first-order chi connectivity index (χ1) is 17.5. The van der Waals surface area contributed by atoms with Crippen LogP contribution in [0.1, 0.15) is 38.4 Å². The molecule has 36 heavy (non-hydrogen) atoms. The van der Waals surface area contributed by atoms with Crippen molar-refractivity contribution in [3.8, 4) is 11.5 Å². The highest BCUT2D eigenvalue weighted by Crippen LogP contribution is 2.23. The third-order valence-electron chi connectivity index (χ3n) is 6.49. The molecule has 3 aromatic rings. The normalized spacial score (nSPS) is 20.3. The summed E-state index contributed by atoms with van der Waals surface area (Å²) >= 11 is 0. The number of rotatable bonds is 1. The van der Waals surface area contributed by atoms with Crippen LogP contribution in [0.4, 0.5) is 0 Å².